The number of ether oxygens (including phenoxy) is 7. The lowest BCUT2D eigenvalue weighted by Crippen LogP contribution is -2.61. The number of benzene rings is 4. The predicted molar refractivity (Wildman–Crippen MR) is 580 cm³/mol. The number of fused-ring (bicyclic) bond motifs is 1. The van der Waals surface area contributed by atoms with E-state index in [9.17, 15) is 38.7 Å². The normalized spacial score (nSPS) is 21.2. The Morgan fingerprint density at radius 2 is 0.797 bits per heavy atom. The van der Waals surface area contributed by atoms with Crippen LogP contribution in [0.2, 0.25) is 0 Å². The van der Waals surface area contributed by atoms with Crippen molar-refractivity contribution in [1.82, 2.24) is 0 Å². The number of terminal acetylenes is 1. The molecule has 4 aromatic rings. The summed E-state index contributed by atoms with van der Waals surface area (Å²) in [6, 6.07) is 29.8. The summed E-state index contributed by atoms with van der Waals surface area (Å²) < 4.78 is 38.6. The van der Waals surface area contributed by atoms with Gasteiger partial charge in [0.2, 0.25) is 0 Å². The third-order valence-corrected chi connectivity index (χ3v) is 30.3. The maximum Gasteiger partial charge on any atom is 0.313 e. The Labute approximate surface area is 866 Å². The van der Waals surface area contributed by atoms with Crippen molar-refractivity contribution in [2.45, 2.75) is 479 Å². The lowest BCUT2D eigenvalue weighted by molar-refractivity contribution is -0.225. The predicted octanol–water partition coefficient (Wildman–Crippen LogP) is 29.6. The second-order valence-electron chi connectivity index (χ2n) is 46.5. The molecule has 0 aromatic heterocycles. The van der Waals surface area contributed by atoms with Gasteiger partial charge in [-0.05, 0) is 373 Å². The molecule has 12 atom stereocenters. The van der Waals surface area contributed by atoms with Crippen LogP contribution in [0.4, 0.5) is 0 Å². The second kappa shape index (κ2) is 58.2. The quantitative estimate of drug-likeness (QED) is 0.0211. The molecule has 8 fully saturated rings. The van der Waals surface area contributed by atoms with Gasteiger partial charge < -0.3 is 58.7 Å². The number of hydrogen-bond donors (Lipinski definition) is 5. The Balaban J connectivity index is 0.000000541. The molecule has 1 heterocycles. The first-order valence-electron chi connectivity index (χ1n) is 53.6. The number of phenols is 4. The maximum absolute atomic E-state index is 12.4. The number of aromatic hydroxyl groups is 4. The Kier molecular flexibility index (Phi) is 52.8. The second-order valence-corrected chi connectivity index (χ2v) is 46.5. The molecule has 0 spiro atoms. The average molecular weight is 1990 g/mol. The lowest BCUT2D eigenvalue weighted by Gasteiger charge is -2.59. The van der Waals surface area contributed by atoms with Crippen LogP contribution in [0.15, 0.2) is 97.1 Å². The van der Waals surface area contributed by atoms with Gasteiger partial charge in [0.15, 0.2) is 22.4 Å². The monoisotopic (exact) mass is 1990 g/mol. The number of hydrogen-bond acceptors (Lipinski definition) is 19. The number of phenolic OH excluding ortho intramolecular Hbond substituents is 4. The van der Waals surface area contributed by atoms with Crippen LogP contribution in [0.5, 0.6) is 23.0 Å². The van der Waals surface area contributed by atoms with Crippen molar-refractivity contribution in [3.8, 4) is 70.9 Å². The van der Waals surface area contributed by atoms with E-state index < -0.39 is 60.5 Å². The highest BCUT2D eigenvalue weighted by Gasteiger charge is 2.64. The molecule has 7 aliphatic carbocycles. The highest BCUT2D eigenvalue weighted by molar-refractivity contribution is 5.80. The third-order valence-electron chi connectivity index (χ3n) is 30.3. The SMILES string of the molecule is C#CC(C)(CC)OC(=O)C(C)(C)CC.CC#CC(C)(C)OC(=O)C(C)(C)CC.CCC#CC(C)(C)OC(=O)C(C)(C)CC.CCC(C)(C)C(=O)OC(C)(C)C#CC1CCCCC1.CCC(C)(C)C(=O)OC12CC3CC(CC(O)(C3)C1)C2.CCC(C)(C)C(=O)OC1C2CC3C(=O)OC1C3C2.CCC(C)c1ccc(O)cc1.CCC(C)c1cccc(O)c1.CCC(C)c1cccc(O)c1.CCC(C)c1cccc(O)c1. The molecule has 12 rings (SSSR count). The van der Waals surface area contributed by atoms with E-state index >= 15 is 0 Å². The van der Waals surface area contributed by atoms with Gasteiger partial charge in [-0.15, -0.1) is 12.3 Å². The van der Waals surface area contributed by atoms with Crippen molar-refractivity contribution >= 4 is 41.8 Å². The standard InChI is InChI=1S/C17H28O2.C16H26O3.C14H20O4.C13H22O2.2C12H20O2.4C10H14O/c1-6-16(2,3)15(18)19-17(4,5)13-12-14-10-8-7-9-11-14;1-4-14(2,3)13(17)19-16-8-11-5-12(9-16)7-15(18,6-11)10-16;1-4-14(2,3)13(16)18-10-7-5-8-9(6-7)12(15)17-11(8)10;1-7-9-10-13(5,6)15-11(14)12(3,4)8-2;1-7-9-12(5,6)14-10(13)11(3,4)8-2;1-7-11(4,5)10(13)14-12(6,8-2)9-3;1-3-8(2)9-4-6-10(11)7-5-9;3*1-3-8(2)9-5-4-6-10(11)7-9/h14H,6-11H2,1-5H3;11-12,18H,4-10H2,1-3H3;7-11H,4-6H2,1-3H3;7-8H2,1-6H3;8H2,1-6H3;2H,7,9H2,1,3-6H3;4*4-8,11H,3H2,1-2H3. The number of carbonyl (C=O) groups excluding carboxylic acids is 7. The molecule has 0 amide bonds. The topological polar surface area (TPSA) is 285 Å². The largest absolute Gasteiger partial charge is 0.508 e. The average Bonchev–Trinajstić information content (AvgIpc) is 1.67. The van der Waals surface area contributed by atoms with Gasteiger partial charge in [-0.1, -0.05) is 214 Å². The molecule has 19 heteroatoms. The summed E-state index contributed by atoms with van der Waals surface area (Å²) in [5.74, 6) is 25.4. The third kappa shape index (κ3) is 43.3. The van der Waals surface area contributed by atoms with E-state index in [2.05, 4.69) is 96.8 Å². The van der Waals surface area contributed by atoms with E-state index in [0.29, 0.717) is 89.1 Å². The molecule has 1 aliphatic heterocycles. The fourth-order valence-electron chi connectivity index (χ4n) is 16.9. The Morgan fingerprint density at radius 3 is 1.15 bits per heavy atom. The number of aliphatic hydroxyl groups is 1. The molecule has 7 saturated carbocycles. The van der Waals surface area contributed by atoms with Crippen molar-refractivity contribution in [2.24, 2.45) is 68.0 Å². The van der Waals surface area contributed by atoms with Gasteiger partial charge in [0.05, 0.1) is 44.0 Å². The van der Waals surface area contributed by atoms with Crippen LogP contribution in [-0.4, -0.2) is 113 Å². The molecule has 802 valence electrons. The first-order chi connectivity index (χ1) is 66.2. The van der Waals surface area contributed by atoms with Crippen LogP contribution in [-0.2, 0) is 66.7 Å². The van der Waals surface area contributed by atoms with Gasteiger partial charge in [0.1, 0.15) is 40.8 Å². The van der Waals surface area contributed by atoms with Crippen molar-refractivity contribution < 1.29 is 92.3 Å². The van der Waals surface area contributed by atoms with Crippen molar-refractivity contribution in [1.29, 1.82) is 0 Å². The summed E-state index contributed by atoms with van der Waals surface area (Å²) in [5.41, 5.74) is -1.37. The van der Waals surface area contributed by atoms with E-state index in [1.54, 1.807) is 58.0 Å². The number of esters is 7. The fourth-order valence-corrected chi connectivity index (χ4v) is 16.9. The van der Waals surface area contributed by atoms with Gasteiger partial charge in [0.25, 0.3) is 0 Å². The molecule has 19 nitrogen and oxygen atoms in total. The van der Waals surface area contributed by atoms with Crippen LogP contribution in [0, 0.1) is 116 Å². The van der Waals surface area contributed by atoms with Gasteiger partial charge >= 0.3 is 41.8 Å². The highest BCUT2D eigenvalue weighted by Crippen LogP contribution is 2.60. The first kappa shape index (κ1) is 130. The summed E-state index contributed by atoms with van der Waals surface area (Å²) in [7, 11) is 0. The molecule has 0 radical (unpaired) electrons. The number of carbonyl (C=O) groups is 7. The van der Waals surface area contributed by atoms with E-state index in [4.69, 9.17) is 60.0 Å². The smallest absolute Gasteiger partial charge is 0.313 e. The van der Waals surface area contributed by atoms with Gasteiger partial charge in [-0.25, -0.2) is 0 Å². The summed E-state index contributed by atoms with van der Waals surface area (Å²) >= 11 is 0. The van der Waals surface area contributed by atoms with Crippen molar-refractivity contribution in [3.63, 3.8) is 0 Å². The molecule has 8 aliphatic rings. The summed E-state index contributed by atoms with van der Waals surface area (Å²) in [6.07, 6.45) is 29.2. The summed E-state index contributed by atoms with van der Waals surface area (Å²) in [5, 5.41) is 47.1. The zero-order valence-electron chi connectivity index (χ0n) is 95.4. The van der Waals surface area contributed by atoms with Gasteiger partial charge in [-0.2, -0.15) is 0 Å². The zero-order chi connectivity index (χ0) is 109. The Morgan fingerprint density at radius 1 is 0.434 bits per heavy atom. The van der Waals surface area contributed by atoms with Crippen LogP contribution in [0.25, 0.3) is 0 Å². The van der Waals surface area contributed by atoms with Crippen LogP contribution in [0.1, 0.15) is 456 Å². The minimum Gasteiger partial charge on any atom is -0.508 e. The van der Waals surface area contributed by atoms with E-state index in [1.807, 2.05) is 233 Å². The molecule has 1 saturated heterocycles. The number of rotatable bonds is 27. The fraction of sp³-hybridized carbons (Fsp3) is 0.685. The molecule has 12 unspecified atom stereocenters. The molecule has 5 N–H and O–H groups in total. The van der Waals surface area contributed by atoms with E-state index in [-0.39, 0.29) is 65.5 Å². The van der Waals surface area contributed by atoms with Crippen LogP contribution in [0.3, 0.4) is 0 Å². The minimum atomic E-state index is -0.760. The van der Waals surface area contributed by atoms with E-state index in [0.717, 1.165) is 109 Å². The molecular formula is C124H192O19. The Hall–Kier alpha value is -9.43. The summed E-state index contributed by atoms with van der Waals surface area (Å²) in [6.45, 7) is 70.3. The van der Waals surface area contributed by atoms with Gasteiger partial charge in [-0.3, -0.25) is 33.6 Å². The van der Waals surface area contributed by atoms with Crippen LogP contribution < -0.4 is 0 Å². The zero-order valence-corrected chi connectivity index (χ0v) is 95.4. The molecule has 4 aromatic carbocycles. The molecular weight excluding hydrogens is 1790 g/mol. The van der Waals surface area contributed by atoms with Gasteiger partial charge in [0, 0.05) is 30.6 Å². The summed E-state index contributed by atoms with van der Waals surface area (Å²) in [4.78, 5) is 83.4. The highest BCUT2D eigenvalue weighted by atomic mass is 16.6. The molecule has 6 bridgehead atoms. The van der Waals surface area contributed by atoms with E-state index in [1.165, 1.54) is 60.8 Å². The van der Waals surface area contributed by atoms with Crippen molar-refractivity contribution in [3.05, 3.63) is 119 Å². The molecule has 143 heavy (non-hydrogen) atoms. The van der Waals surface area contributed by atoms with Crippen molar-refractivity contribution in [2.75, 3.05) is 0 Å². The van der Waals surface area contributed by atoms with Crippen LogP contribution >= 0.6 is 0 Å². The first-order valence-corrected chi connectivity index (χ1v) is 53.6. The maximum atomic E-state index is 12.4. The minimum absolute atomic E-state index is 0.0779. The Bertz CT molecular complexity index is 4710. The lowest BCUT2D eigenvalue weighted by atomic mass is 9.52.